The molecule has 12 heavy (non-hydrogen) atoms. The van der Waals surface area contributed by atoms with Crippen molar-refractivity contribution in [3.8, 4) is 0 Å². The van der Waals surface area contributed by atoms with Crippen LogP contribution in [0.4, 0.5) is 5.82 Å². The molecule has 0 saturated carbocycles. The van der Waals surface area contributed by atoms with Crippen molar-refractivity contribution in [1.29, 1.82) is 0 Å². The van der Waals surface area contributed by atoms with Gasteiger partial charge in [0, 0.05) is 25.0 Å². The molecule has 0 amide bonds. The highest BCUT2D eigenvalue weighted by Crippen LogP contribution is 2.19. The van der Waals surface area contributed by atoms with Gasteiger partial charge in [-0.25, -0.2) is 0 Å². The van der Waals surface area contributed by atoms with E-state index in [0.717, 1.165) is 5.82 Å². The van der Waals surface area contributed by atoms with Gasteiger partial charge in [-0.1, -0.05) is 18.2 Å². The minimum Gasteiger partial charge on any atom is -0.364 e. The Bertz CT molecular complexity index is 354. The molecule has 2 heteroatoms. The standard InChI is InChI=1S/C10H12N2/c1-12(2)10-7-8-5-3-4-6-9(8)11-10/h3-7,11H,1-2H3. The Morgan fingerprint density at radius 3 is 2.58 bits per heavy atom. The molecule has 0 bridgehead atoms. The van der Waals surface area contributed by atoms with Crippen molar-refractivity contribution >= 4 is 16.7 Å². The second-order valence-electron chi connectivity index (χ2n) is 3.14. The Labute approximate surface area is 71.8 Å². The van der Waals surface area contributed by atoms with Gasteiger partial charge < -0.3 is 9.88 Å². The van der Waals surface area contributed by atoms with E-state index in [-0.39, 0.29) is 0 Å². The maximum Gasteiger partial charge on any atom is 0.106 e. The van der Waals surface area contributed by atoms with Crippen LogP contribution in [0.5, 0.6) is 0 Å². The van der Waals surface area contributed by atoms with Crippen LogP contribution in [-0.4, -0.2) is 19.1 Å². The number of aromatic amines is 1. The minimum atomic E-state index is 1.15. The molecule has 0 saturated heterocycles. The molecule has 2 rings (SSSR count). The van der Waals surface area contributed by atoms with Crippen LogP contribution in [0.25, 0.3) is 10.9 Å². The number of aromatic nitrogens is 1. The Kier molecular flexibility index (Phi) is 1.54. The summed E-state index contributed by atoms with van der Waals surface area (Å²) in [6, 6.07) is 10.4. The van der Waals surface area contributed by atoms with Crippen LogP contribution in [0.3, 0.4) is 0 Å². The van der Waals surface area contributed by atoms with Gasteiger partial charge in [0.15, 0.2) is 0 Å². The van der Waals surface area contributed by atoms with Crippen LogP contribution in [-0.2, 0) is 0 Å². The van der Waals surface area contributed by atoms with E-state index >= 15 is 0 Å². The molecule has 2 nitrogen and oxygen atoms in total. The summed E-state index contributed by atoms with van der Waals surface area (Å²) in [5.74, 6) is 1.15. The predicted octanol–water partition coefficient (Wildman–Crippen LogP) is 2.23. The van der Waals surface area contributed by atoms with Crippen LogP contribution in [0.2, 0.25) is 0 Å². The van der Waals surface area contributed by atoms with E-state index in [1.807, 2.05) is 20.2 Å². The van der Waals surface area contributed by atoms with Crippen LogP contribution >= 0.6 is 0 Å². The van der Waals surface area contributed by atoms with Crippen LogP contribution in [0.1, 0.15) is 0 Å². The summed E-state index contributed by atoms with van der Waals surface area (Å²) in [7, 11) is 4.06. The molecule has 1 aromatic carbocycles. The van der Waals surface area contributed by atoms with Crippen molar-refractivity contribution in [1.82, 2.24) is 4.98 Å². The highest BCUT2D eigenvalue weighted by Gasteiger charge is 1.99. The molecule has 0 fully saturated rings. The van der Waals surface area contributed by atoms with Gasteiger partial charge in [-0.3, -0.25) is 0 Å². The first-order valence-electron chi connectivity index (χ1n) is 4.02. The minimum absolute atomic E-state index is 1.15. The lowest BCUT2D eigenvalue weighted by molar-refractivity contribution is 1.09. The van der Waals surface area contributed by atoms with Crippen molar-refractivity contribution in [2.24, 2.45) is 0 Å². The summed E-state index contributed by atoms with van der Waals surface area (Å²) < 4.78 is 0. The number of benzene rings is 1. The van der Waals surface area contributed by atoms with Crippen molar-refractivity contribution in [2.75, 3.05) is 19.0 Å². The highest BCUT2D eigenvalue weighted by molar-refractivity contribution is 5.83. The summed E-state index contributed by atoms with van der Waals surface area (Å²) >= 11 is 0. The Morgan fingerprint density at radius 2 is 1.92 bits per heavy atom. The summed E-state index contributed by atoms with van der Waals surface area (Å²) in [6.07, 6.45) is 0. The van der Waals surface area contributed by atoms with Crippen LogP contribution in [0.15, 0.2) is 30.3 Å². The first-order chi connectivity index (χ1) is 5.77. The van der Waals surface area contributed by atoms with Gasteiger partial charge in [0.2, 0.25) is 0 Å². The summed E-state index contributed by atoms with van der Waals surface area (Å²) in [5, 5.41) is 1.27. The fraction of sp³-hybridized carbons (Fsp3) is 0.200. The van der Waals surface area contributed by atoms with Crippen molar-refractivity contribution < 1.29 is 0 Å². The number of nitrogens with one attached hydrogen (secondary N) is 1. The SMILES string of the molecule is CN(C)c1cc2ccccc2[nH]1. The molecule has 0 radical (unpaired) electrons. The van der Waals surface area contributed by atoms with Crippen LogP contribution < -0.4 is 4.90 Å². The predicted molar refractivity (Wildman–Crippen MR) is 52.6 cm³/mol. The summed E-state index contributed by atoms with van der Waals surface area (Å²) in [6.45, 7) is 0. The molecule has 0 aliphatic rings. The number of fused-ring (bicyclic) bond motifs is 1. The zero-order chi connectivity index (χ0) is 8.55. The molecular weight excluding hydrogens is 148 g/mol. The van der Waals surface area contributed by atoms with Crippen molar-refractivity contribution in [2.45, 2.75) is 0 Å². The number of anilines is 1. The lowest BCUT2D eigenvalue weighted by atomic mass is 10.2. The first kappa shape index (κ1) is 7.22. The van der Waals surface area contributed by atoms with E-state index in [9.17, 15) is 0 Å². The maximum atomic E-state index is 3.32. The number of para-hydroxylation sites is 1. The lowest BCUT2D eigenvalue weighted by Gasteiger charge is -2.07. The third-order valence-corrected chi connectivity index (χ3v) is 2.00. The Hall–Kier alpha value is -1.44. The quantitative estimate of drug-likeness (QED) is 0.677. The number of rotatable bonds is 1. The Balaban J connectivity index is 2.62. The highest BCUT2D eigenvalue weighted by atomic mass is 15.1. The molecule has 0 atom stereocenters. The van der Waals surface area contributed by atoms with E-state index in [4.69, 9.17) is 0 Å². The van der Waals surface area contributed by atoms with Crippen LogP contribution in [0, 0.1) is 0 Å². The average molecular weight is 160 g/mol. The van der Waals surface area contributed by atoms with E-state index < -0.39 is 0 Å². The van der Waals surface area contributed by atoms with Gasteiger partial charge in [-0.15, -0.1) is 0 Å². The van der Waals surface area contributed by atoms with Gasteiger partial charge in [0.25, 0.3) is 0 Å². The average Bonchev–Trinajstić information content (AvgIpc) is 2.46. The molecule has 0 aliphatic carbocycles. The first-order valence-corrected chi connectivity index (χ1v) is 4.02. The molecule has 1 heterocycles. The zero-order valence-corrected chi connectivity index (χ0v) is 7.33. The third-order valence-electron chi connectivity index (χ3n) is 2.00. The number of nitrogens with zero attached hydrogens (tertiary/aromatic N) is 1. The molecule has 0 unspecified atom stereocenters. The van der Waals surface area contributed by atoms with E-state index in [1.54, 1.807) is 0 Å². The molecule has 1 N–H and O–H groups in total. The summed E-state index contributed by atoms with van der Waals surface area (Å²) in [5.41, 5.74) is 1.20. The van der Waals surface area contributed by atoms with E-state index in [0.29, 0.717) is 0 Å². The largest absolute Gasteiger partial charge is 0.364 e. The van der Waals surface area contributed by atoms with Gasteiger partial charge in [-0.2, -0.15) is 0 Å². The van der Waals surface area contributed by atoms with E-state index in [2.05, 4.69) is 34.1 Å². The van der Waals surface area contributed by atoms with Gasteiger partial charge in [0.1, 0.15) is 5.82 Å². The van der Waals surface area contributed by atoms with Gasteiger partial charge in [-0.05, 0) is 12.1 Å². The lowest BCUT2D eigenvalue weighted by Crippen LogP contribution is -2.08. The topological polar surface area (TPSA) is 19.0 Å². The second kappa shape index (κ2) is 2.55. The molecule has 62 valence electrons. The van der Waals surface area contributed by atoms with Gasteiger partial charge >= 0.3 is 0 Å². The van der Waals surface area contributed by atoms with Crippen molar-refractivity contribution in [3.05, 3.63) is 30.3 Å². The third kappa shape index (κ3) is 1.05. The number of H-pyrrole nitrogens is 1. The number of hydrogen-bond donors (Lipinski definition) is 1. The van der Waals surface area contributed by atoms with E-state index in [1.165, 1.54) is 10.9 Å². The molecular formula is C10H12N2. The Morgan fingerprint density at radius 1 is 1.17 bits per heavy atom. The molecule has 0 aliphatic heterocycles. The fourth-order valence-electron chi connectivity index (χ4n) is 1.30. The zero-order valence-electron chi connectivity index (χ0n) is 7.33. The molecule has 0 spiro atoms. The second-order valence-corrected chi connectivity index (χ2v) is 3.14. The maximum absolute atomic E-state index is 3.32. The smallest absolute Gasteiger partial charge is 0.106 e. The van der Waals surface area contributed by atoms with Crippen molar-refractivity contribution in [3.63, 3.8) is 0 Å². The molecule has 1 aromatic heterocycles. The normalized spacial score (nSPS) is 10.5. The van der Waals surface area contributed by atoms with Gasteiger partial charge in [0.05, 0.1) is 0 Å². The summed E-state index contributed by atoms with van der Waals surface area (Å²) in [4.78, 5) is 5.39. The monoisotopic (exact) mass is 160 g/mol. The number of hydrogen-bond acceptors (Lipinski definition) is 1. The fourth-order valence-corrected chi connectivity index (χ4v) is 1.30. The molecule has 2 aromatic rings.